The summed E-state index contributed by atoms with van der Waals surface area (Å²) >= 11 is 0. The third-order valence-electron chi connectivity index (χ3n) is 9.58. The summed E-state index contributed by atoms with van der Waals surface area (Å²) < 4.78 is 63.2. The number of aryl methyl sites for hydroxylation is 1. The summed E-state index contributed by atoms with van der Waals surface area (Å²) in [4.78, 5) is 11.7. The highest BCUT2D eigenvalue weighted by Crippen LogP contribution is 2.42. The third kappa shape index (κ3) is 12.6. The molecule has 3 fully saturated rings. The predicted octanol–water partition coefficient (Wildman–Crippen LogP) is 7.42. The highest BCUT2D eigenvalue weighted by atomic mass is 32.2. The molecule has 0 spiro atoms. The average Bonchev–Trinajstić information content (AvgIpc) is 3.41. The topological polar surface area (TPSA) is 107 Å². The van der Waals surface area contributed by atoms with Crippen LogP contribution in [0.4, 0.5) is 0 Å². The van der Waals surface area contributed by atoms with Crippen molar-refractivity contribution in [2.45, 2.75) is 134 Å². The van der Waals surface area contributed by atoms with E-state index in [9.17, 15) is 13.2 Å². The molecule has 0 amide bonds. The van der Waals surface area contributed by atoms with Gasteiger partial charge in [-0.2, -0.15) is 8.42 Å². The van der Waals surface area contributed by atoms with Gasteiger partial charge in [-0.15, -0.1) is 11.8 Å². The molecule has 272 valence electrons. The van der Waals surface area contributed by atoms with E-state index >= 15 is 0 Å². The molecule has 2 aliphatic heterocycles. The number of carbonyl (C=O) groups is 1. The van der Waals surface area contributed by atoms with Crippen molar-refractivity contribution in [1.29, 1.82) is 0 Å². The predicted molar refractivity (Wildman–Crippen MR) is 188 cm³/mol. The van der Waals surface area contributed by atoms with E-state index in [1.165, 1.54) is 7.11 Å². The summed E-state index contributed by atoms with van der Waals surface area (Å²) in [5.74, 6) is 5.70. The lowest BCUT2D eigenvalue weighted by Gasteiger charge is -2.31. The van der Waals surface area contributed by atoms with Crippen molar-refractivity contribution in [2.75, 3.05) is 20.3 Å². The molecule has 0 radical (unpaired) electrons. The summed E-state index contributed by atoms with van der Waals surface area (Å²) in [5.41, 5.74) is 0.968. The number of benzene rings is 1. The number of methoxy groups -OCH3 is 1. The largest absolute Gasteiger partial charge is 0.469 e. The molecule has 3 aliphatic rings. The molecular weight excluding hydrogens is 644 g/mol. The van der Waals surface area contributed by atoms with Crippen LogP contribution in [-0.4, -0.2) is 65.6 Å². The molecule has 9 nitrogen and oxygen atoms in total. The number of rotatable bonds is 17. The van der Waals surface area contributed by atoms with Crippen LogP contribution in [0.5, 0.6) is 0 Å². The number of hydrogen-bond acceptors (Lipinski definition) is 9. The van der Waals surface area contributed by atoms with Crippen molar-refractivity contribution in [1.82, 2.24) is 0 Å². The highest BCUT2D eigenvalue weighted by Gasteiger charge is 2.46. The van der Waals surface area contributed by atoms with Crippen LogP contribution >= 0.6 is 0 Å². The van der Waals surface area contributed by atoms with E-state index < -0.39 is 16.2 Å². The first-order chi connectivity index (χ1) is 23.7. The van der Waals surface area contributed by atoms with Gasteiger partial charge < -0.3 is 23.7 Å². The van der Waals surface area contributed by atoms with Crippen molar-refractivity contribution in [3.8, 4) is 11.8 Å². The van der Waals surface area contributed by atoms with Crippen LogP contribution in [-0.2, 0) is 42.8 Å². The molecule has 0 N–H and O–H groups in total. The number of unbranched alkanes of at least 4 members (excludes halogenated alkanes) is 1. The smallest absolute Gasteiger partial charge is 0.305 e. The molecule has 0 aromatic heterocycles. The van der Waals surface area contributed by atoms with E-state index in [1.807, 2.05) is 19.9 Å². The number of esters is 1. The molecule has 0 bridgehead atoms. The van der Waals surface area contributed by atoms with Gasteiger partial charge in [-0.05, 0) is 95.6 Å². The number of hydrogen-bond donors (Lipinski definition) is 0. The Hall–Kier alpha value is -2.52. The van der Waals surface area contributed by atoms with Crippen molar-refractivity contribution < 1.29 is 41.1 Å². The van der Waals surface area contributed by atoms with Gasteiger partial charge in [-0.1, -0.05) is 48.9 Å². The molecular formula is C39H56O9S. The lowest BCUT2D eigenvalue weighted by molar-refractivity contribution is -0.193. The number of ether oxygens (including phenoxy) is 5. The molecule has 1 aliphatic carbocycles. The Kier molecular flexibility index (Phi) is 16.3. The SMILES string of the molecule is CC#CCC(C)[C@@H](/C=C/[C@@H]1[C@@H](C/C=C\CCCC(=O)OC)[C@@H](OS(=O)(=O)c2ccc(C)cc2)C[C@H]1OC1CCCCO1)OC1CCCCO1. The second kappa shape index (κ2) is 20.4. The molecule has 49 heavy (non-hydrogen) atoms. The van der Waals surface area contributed by atoms with Gasteiger partial charge >= 0.3 is 5.97 Å². The Morgan fingerprint density at radius 1 is 1.02 bits per heavy atom. The summed E-state index contributed by atoms with van der Waals surface area (Å²) in [5, 5.41) is 0. The zero-order chi connectivity index (χ0) is 35.1. The van der Waals surface area contributed by atoms with Gasteiger partial charge in [0.25, 0.3) is 10.1 Å². The Morgan fingerprint density at radius 3 is 2.39 bits per heavy atom. The maximum absolute atomic E-state index is 13.6. The van der Waals surface area contributed by atoms with E-state index in [-0.39, 0.29) is 53.4 Å². The summed E-state index contributed by atoms with van der Waals surface area (Å²) in [7, 11) is -2.65. The molecule has 1 aromatic rings. The van der Waals surface area contributed by atoms with Gasteiger partial charge in [-0.25, -0.2) is 0 Å². The molecule has 3 unspecified atom stereocenters. The van der Waals surface area contributed by atoms with Crippen molar-refractivity contribution in [3.63, 3.8) is 0 Å². The number of allylic oxidation sites excluding steroid dienone is 2. The fraction of sp³-hybridized carbons (Fsp3) is 0.667. The zero-order valence-electron chi connectivity index (χ0n) is 29.7. The first-order valence-electron chi connectivity index (χ1n) is 18.0. The monoisotopic (exact) mass is 700 g/mol. The van der Waals surface area contributed by atoms with E-state index in [2.05, 4.69) is 37.0 Å². The van der Waals surface area contributed by atoms with Crippen LogP contribution in [0.3, 0.4) is 0 Å². The van der Waals surface area contributed by atoms with Crippen molar-refractivity contribution >= 4 is 16.1 Å². The first-order valence-corrected chi connectivity index (χ1v) is 19.4. The summed E-state index contributed by atoms with van der Waals surface area (Å²) in [6, 6.07) is 6.73. The quantitative estimate of drug-likeness (QED) is 0.0540. The Balaban J connectivity index is 1.63. The molecule has 10 heteroatoms. The van der Waals surface area contributed by atoms with Gasteiger partial charge in [0.2, 0.25) is 0 Å². The minimum atomic E-state index is -4.04. The van der Waals surface area contributed by atoms with Crippen LogP contribution in [0.15, 0.2) is 53.5 Å². The van der Waals surface area contributed by atoms with Gasteiger partial charge in [0.1, 0.15) is 0 Å². The number of carbonyl (C=O) groups excluding carboxylic acids is 1. The van der Waals surface area contributed by atoms with Crippen LogP contribution < -0.4 is 0 Å². The van der Waals surface area contributed by atoms with Crippen molar-refractivity contribution in [2.24, 2.45) is 17.8 Å². The normalized spacial score (nSPS) is 27.5. The first kappa shape index (κ1) is 39.3. The van der Waals surface area contributed by atoms with E-state index in [0.717, 1.165) is 44.1 Å². The van der Waals surface area contributed by atoms with E-state index in [4.69, 9.17) is 27.9 Å². The Morgan fingerprint density at radius 2 is 1.73 bits per heavy atom. The molecule has 4 rings (SSSR count). The van der Waals surface area contributed by atoms with Gasteiger partial charge in [0.15, 0.2) is 12.6 Å². The Bertz CT molecular complexity index is 1370. The minimum absolute atomic E-state index is 0.110. The van der Waals surface area contributed by atoms with Crippen LogP contribution in [0.25, 0.3) is 0 Å². The Labute approximate surface area is 294 Å². The van der Waals surface area contributed by atoms with E-state index in [0.29, 0.717) is 51.7 Å². The molecule has 1 aromatic carbocycles. The van der Waals surface area contributed by atoms with Crippen LogP contribution in [0, 0.1) is 36.5 Å². The third-order valence-corrected chi connectivity index (χ3v) is 10.9. The second-order valence-corrected chi connectivity index (χ2v) is 15.0. The standard InChI is InChI=1S/C39H56O9S/c1-5-6-15-30(3)34(46-38-18-11-13-26-44-38)25-24-33-32(16-9-7-8-10-17-37(40)43-4)36(28-35(33)47-39-19-12-14-27-45-39)48-49(41,42)31-22-20-29(2)21-23-31/h7,9,20-25,30,32-36,38-39H,8,10-19,26-28H2,1-4H3/b9-7-,25-24+/t30?,32-,33-,34-,35-,36+,38?,39?/m1/s1. The fourth-order valence-electron chi connectivity index (χ4n) is 6.67. The fourth-order valence-corrected chi connectivity index (χ4v) is 7.80. The minimum Gasteiger partial charge on any atom is -0.469 e. The molecule has 2 heterocycles. The molecule has 2 saturated heterocycles. The second-order valence-electron chi connectivity index (χ2n) is 13.4. The summed E-state index contributed by atoms with van der Waals surface area (Å²) in [6.07, 6.45) is 15.7. The maximum atomic E-state index is 13.6. The van der Waals surface area contributed by atoms with Gasteiger partial charge in [-0.3, -0.25) is 8.98 Å². The van der Waals surface area contributed by atoms with Gasteiger partial charge in [0, 0.05) is 38.4 Å². The molecule has 1 saturated carbocycles. The highest BCUT2D eigenvalue weighted by molar-refractivity contribution is 7.86. The maximum Gasteiger partial charge on any atom is 0.305 e. The lowest BCUT2D eigenvalue weighted by Crippen LogP contribution is -2.32. The zero-order valence-corrected chi connectivity index (χ0v) is 30.5. The van der Waals surface area contributed by atoms with E-state index in [1.54, 1.807) is 24.3 Å². The summed E-state index contributed by atoms with van der Waals surface area (Å²) in [6.45, 7) is 7.22. The lowest BCUT2D eigenvalue weighted by atomic mass is 9.88. The van der Waals surface area contributed by atoms with Crippen LogP contribution in [0.1, 0.15) is 96.5 Å². The average molecular weight is 701 g/mol. The van der Waals surface area contributed by atoms with Crippen LogP contribution in [0.2, 0.25) is 0 Å². The molecule has 8 atom stereocenters. The van der Waals surface area contributed by atoms with Crippen molar-refractivity contribution in [3.05, 3.63) is 54.1 Å². The van der Waals surface area contributed by atoms with Gasteiger partial charge in [0.05, 0.1) is 30.3 Å².